The van der Waals surface area contributed by atoms with E-state index in [0.29, 0.717) is 17.0 Å². The Morgan fingerprint density at radius 2 is 1.76 bits per heavy atom. The molecular formula is C24H21N5O4. The summed E-state index contributed by atoms with van der Waals surface area (Å²) < 4.78 is 0. The van der Waals surface area contributed by atoms with Crippen LogP contribution in [0.2, 0.25) is 0 Å². The number of carbonyl (C=O) groups is 2. The summed E-state index contributed by atoms with van der Waals surface area (Å²) in [7, 11) is 1.61. The van der Waals surface area contributed by atoms with E-state index in [0.717, 1.165) is 11.1 Å². The van der Waals surface area contributed by atoms with Crippen molar-refractivity contribution >= 4 is 34.7 Å². The van der Waals surface area contributed by atoms with Gasteiger partial charge in [0.05, 0.1) is 16.3 Å². The highest BCUT2D eigenvalue weighted by Gasteiger charge is 2.31. The number of aliphatic imine (C=N–C) groups is 1. The second kappa shape index (κ2) is 8.91. The Kier molecular flexibility index (Phi) is 5.86. The van der Waals surface area contributed by atoms with Crippen LogP contribution < -0.4 is 15.5 Å². The van der Waals surface area contributed by atoms with Crippen LogP contribution >= 0.6 is 0 Å². The normalized spacial score (nSPS) is 15.2. The quantitative estimate of drug-likeness (QED) is 0.470. The van der Waals surface area contributed by atoms with Crippen LogP contribution in [0.15, 0.2) is 77.8 Å². The summed E-state index contributed by atoms with van der Waals surface area (Å²) in [6.45, 7) is 1.72. The van der Waals surface area contributed by atoms with Crippen molar-refractivity contribution in [1.82, 2.24) is 5.32 Å². The van der Waals surface area contributed by atoms with Crippen LogP contribution in [0.4, 0.5) is 21.9 Å². The average Bonchev–Trinajstić information content (AvgIpc) is 2.91. The highest BCUT2D eigenvalue weighted by Crippen LogP contribution is 2.28. The molecule has 3 amide bonds. The van der Waals surface area contributed by atoms with Crippen LogP contribution in [0.1, 0.15) is 16.7 Å². The number of urea groups is 1. The third-order valence-corrected chi connectivity index (χ3v) is 5.26. The minimum absolute atomic E-state index is 0.0214. The zero-order valence-corrected chi connectivity index (χ0v) is 18.0. The van der Waals surface area contributed by atoms with E-state index in [1.54, 1.807) is 20.0 Å². The van der Waals surface area contributed by atoms with Crippen molar-refractivity contribution in [3.05, 3.63) is 99.6 Å². The number of likely N-dealkylation sites (N-methyl/N-ethyl adjacent to an activating group) is 1. The molecule has 0 radical (unpaired) electrons. The molecule has 1 aliphatic heterocycles. The third kappa shape index (κ3) is 4.42. The van der Waals surface area contributed by atoms with Crippen LogP contribution in [-0.4, -0.2) is 35.8 Å². The second-order valence-corrected chi connectivity index (χ2v) is 7.54. The molecule has 0 saturated heterocycles. The van der Waals surface area contributed by atoms with Gasteiger partial charge in [0.15, 0.2) is 0 Å². The van der Waals surface area contributed by atoms with Crippen LogP contribution in [0, 0.1) is 17.0 Å². The summed E-state index contributed by atoms with van der Waals surface area (Å²) >= 11 is 0. The van der Waals surface area contributed by atoms with Gasteiger partial charge >= 0.3 is 6.03 Å². The molecular weight excluding hydrogens is 422 g/mol. The summed E-state index contributed by atoms with van der Waals surface area (Å²) in [5.41, 5.74) is 3.21. The number of para-hydroxylation sites is 1. The number of benzene rings is 3. The van der Waals surface area contributed by atoms with Gasteiger partial charge < -0.3 is 15.5 Å². The molecule has 0 saturated carbocycles. The van der Waals surface area contributed by atoms with E-state index in [4.69, 9.17) is 0 Å². The molecule has 166 valence electrons. The summed E-state index contributed by atoms with van der Waals surface area (Å²) in [5, 5.41) is 16.4. The molecule has 0 spiro atoms. The molecule has 1 atom stereocenters. The summed E-state index contributed by atoms with van der Waals surface area (Å²) in [6.07, 6.45) is -1.23. The first-order chi connectivity index (χ1) is 15.8. The molecule has 1 aliphatic rings. The van der Waals surface area contributed by atoms with Crippen molar-refractivity contribution < 1.29 is 14.5 Å². The fraction of sp³-hybridized carbons (Fsp3) is 0.125. The van der Waals surface area contributed by atoms with Gasteiger partial charge in [0.25, 0.3) is 11.6 Å². The Morgan fingerprint density at radius 1 is 1.06 bits per heavy atom. The molecule has 3 aromatic carbocycles. The van der Waals surface area contributed by atoms with E-state index in [-0.39, 0.29) is 11.4 Å². The first kappa shape index (κ1) is 21.7. The van der Waals surface area contributed by atoms with Gasteiger partial charge in [-0.3, -0.25) is 14.9 Å². The summed E-state index contributed by atoms with van der Waals surface area (Å²) in [4.78, 5) is 42.7. The van der Waals surface area contributed by atoms with Crippen molar-refractivity contribution in [2.75, 3.05) is 17.3 Å². The van der Waals surface area contributed by atoms with Gasteiger partial charge in [-0.25, -0.2) is 9.79 Å². The molecule has 9 heteroatoms. The highest BCUT2D eigenvalue weighted by atomic mass is 16.6. The SMILES string of the molecule is Cc1ccc(NC(=O)N[C@@H]2N=C(c3ccccc3)c3ccccc3N(C)C2=O)c([N+](=O)[O-])c1. The van der Waals surface area contributed by atoms with Crippen LogP contribution in [-0.2, 0) is 4.79 Å². The maximum absolute atomic E-state index is 13.2. The van der Waals surface area contributed by atoms with Gasteiger partial charge in [-0.2, -0.15) is 0 Å². The number of aryl methyl sites for hydroxylation is 1. The second-order valence-electron chi connectivity index (χ2n) is 7.54. The predicted octanol–water partition coefficient (Wildman–Crippen LogP) is 3.86. The summed E-state index contributed by atoms with van der Waals surface area (Å²) in [6, 6.07) is 20.4. The Labute approximate surface area is 189 Å². The molecule has 0 aromatic heterocycles. The monoisotopic (exact) mass is 443 g/mol. The number of benzodiazepines with no additional fused rings is 1. The van der Waals surface area contributed by atoms with Crippen molar-refractivity contribution in [3.63, 3.8) is 0 Å². The van der Waals surface area contributed by atoms with Gasteiger partial charge in [0.1, 0.15) is 5.69 Å². The Bertz CT molecular complexity index is 1270. The lowest BCUT2D eigenvalue weighted by Gasteiger charge is -2.21. The number of nitro benzene ring substituents is 1. The van der Waals surface area contributed by atoms with E-state index >= 15 is 0 Å². The zero-order valence-electron chi connectivity index (χ0n) is 18.0. The third-order valence-electron chi connectivity index (χ3n) is 5.26. The molecule has 4 rings (SSSR count). The van der Waals surface area contributed by atoms with Gasteiger partial charge in [-0.15, -0.1) is 0 Å². The number of nitrogens with one attached hydrogen (secondary N) is 2. The number of hydrogen-bond acceptors (Lipinski definition) is 5. The fourth-order valence-corrected chi connectivity index (χ4v) is 3.62. The maximum Gasteiger partial charge on any atom is 0.321 e. The average molecular weight is 443 g/mol. The smallest absolute Gasteiger partial charge is 0.311 e. The molecule has 2 N–H and O–H groups in total. The van der Waals surface area contributed by atoms with E-state index in [2.05, 4.69) is 15.6 Å². The summed E-state index contributed by atoms with van der Waals surface area (Å²) in [5.74, 6) is -0.443. The van der Waals surface area contributed by atoms with Crippen LogP contribution in [0.3, 0.4) is 0 Å². The predicted molar refractivity (Wildman–Crippen MR) is 126 cm³/mol. The van der Waals surface area contributed by atoms with Crippen molar-refractivity contribution in [2.45, 2.75) is 13.1 Å². The zero-order chi connectivity index (χ0) is 23.5. The molecule has 0 fully saturated rings. The minimum Gasteiger partial charge on any atom is -0.311 e. The minimum atomic E-state index is -1.23. The first-order valence-corrected chi connectivity index (χ1v) is 10.2. The number of hydrogen-bond donors (Lipinski definition) is 2. The molecule has 0 unspecified atom stereocenters. The van der Waals surface area contributed by atoms with Gasteiger partial charge in [-0.1, -0.05) is 54.6 Å². The molecule has 1 heterocycles. The van der Waals surface area contributed by atoms with E-state index in [1.165, 1.54) is 17.0 Å². The van der Waals surface area contributed by atoms with Crippen molar-refractivity contribution in [1.29, 1.82) is 0 Å². The number of amides is 3. The molecule has 0 bridgehead atoms. The lowest BCUT2D eigenvalue weighted by atomic mass is 10.0. The largest absolute Gasteiger partial charge is 0.321 e. The molecule has 0 aliphatic carbocycles. The molecule has 3 aromatic rings. The number of rotatable bonds is 4. The van der Waals surface area contributed by atoms with E-state index in [9.17, 15) is 19.7 Å². The van der Waals surface area contributed by atoms with Crippen molar-refractivity contribution in [2.24, 2.45) is 4.99 Å². The lowest BCUT2D eigenvalue weighted by molar-refractivity contribution is -0.384. The van der Waals surface area contributed by atoms with E-state index < -0.39 is 23.0 Å². The van der Waals surface area contributed by atoms with Gasteiger partial charge in [-0.05, 0) is 24.6 Å². The lowest BCUT2D eigenvalue weighted by Crippen LogP contribution is -2.47. The maximum atomic E-state index is 13.2. The van der Waals surface area contributed by atoms with Crippen LogP contribution in [0.25, 0.3) is 0 Å². The first-order valence-electron chi connectivity index (χ1n) is 10.2. The van der Waals surface area contributed by atoms with E-state index in [1.807, 2.05) is 54.6 Å². The fourth-order valence-electron chi connectivity index (χ4n) is 3.62. The van der Waals surface area contributed by atoms with Gasteiger partial charge in [0.2, 0.25) is 6.17 Å². The number of nitrogens with zero attached hydrogens (tertiary/aromatic N) is 3. The standard InChI is InChI=1S/C24H21N5O4/c1-15-12-13-18(20(14-15)29(32)33)25-24(31)27-22-23(30)28(2)19-11-7-6-10-17(19)21(26-22)16-8-4-3-5-9-16/h3-14,22H,1-2H3,(H2,25,27,31)/t22-/m0/s1. The van der Waals surface area contributed by atoms with Crippen LogP contribution in [0.5, 0.6) is 0 Å². The number of anilines is 2. The topological polar surface area (TPSA) is 117 Å². The molecule has 9 nitrogen and oxygen atoms in total. The number of carbonyl (C=O) groups excluding carboxylic acids is 2. The Balaban J connectivity index is 1.68. The number of fused-ring (bicyclic) bond motifs is 1. The highest BCUT2D eigenvalue weighted by molar-refractivity contribution is 6.20. The van der Waals surface area contributed by atoms with Gasteiger partial charge in [0, 0.05) is 24.2 Å². The Hall–Kier alpha value is -4.53. The number of nitro groups is 1. The van der Waals surface area contributed by atoms with Crippen molar-refractivity contribution in [3.8, 4) is 0 Å². The molecule has 33 heavy (non-hydrogen) atoms. The Morgan fingerprint density at radius 3 is 2.48 bits per heavy atom.